The van der Waals surface area contributed by atoms with E-state index < -0.39 is 28.3 Å². The monoisotopic (exact) mass is 394 g/mol. The minimum atomic E-state index is -3.72. The summed E-state index contributed by atoms with van der Waals surface area (Å²) in [5.74, 6) is -0.206. The fraction of sp³-hybridized carbons (Fsp3) is 0.278. The third kappa shape index (κ3) is 4.48. The van der Waals surface area contributed by atoms with Crippen molar-refractivity contribution in [3.8, 4) is 11.5 Å². The number of nitrogens with one attached hydrogen (secondary N) is 1. The molecule has 1 amide bonds. The Balaban J connectivity index is 1.83. The molecular weight excluding hydrogens is 375 g/mol. The molecule has 9 heteroatoms. The number of hydrogen-bond donors (Lipinski definition) is 1. The van der Waals surface area contributed by atoms with Gasteiger partial charge >= 0.3 is 0 Å². The largest absolute Gasteiger partial charge is 0.486 e. The number of anilines is 2. The number of fused-ring (bicyclic) bond motifs is 1. The zero-order valence-corrected chi connectivity index (χ0v) is 15.5. The van der Waals surface area contributed by atoms with Gasteiger partial charge in [0.1, 0.15) is 25.6 Å². The Labute approximate surface area is 156 Å². The number of carbonyl (C=O) groups is 1. The van der Waals surface area contributed by atoms with E-state index in [2.05, 4.69) is 5.32 Å². The van der Waals surface area contributed by atoms with E-state index in [1.54, 1.807) is 12.1 Å². The molecule has 0 unspecified atom stereocenters. The molecule has 2 aromatic carbocycles. The molecule has 0 aromatic heterocycles. The first kappa shape index (κ1) is 19.0. The Morgan fingerprint density at radius 3 is 2.44 bits per heavy atom. The molecule has 144 valence electrons. The normalized spacial score (nSPS) is 13.1. The van der Waals surface area contributed by atoms with Crippen LogP contribution in [0.3, 0.4) is 0 Å². The summed E-state index contributed by atoms with van der Waals surface area (Å²) < 4.78 is 50.0. The van der Waals surface area contributed by atoms with Crippen molar-refractivity contribution in [2.75, 3.05) is 35.1 Å². The van der Waals surface area contributed by atoms with Crippen molar-refractivity contribution in [1.82, 2.24) is 0 Å². The lowest BCUT2D eigenvalue weighted by Crippen LogP contribution is -2.39. The summed E-state index contributed by atoms with van der Waals surface area (Å²) in [7, 11) is -3.72. The van der Waals surface area contributed by atoms with Gasteiger partial charge in [0.2, 0.25) is 15.9 Å². The number of halogens is 1. The molecule has 0 saturated carbocycles. The highest BCUT2D eigenvalue weighted by molar-refractivity contribution is 7.92. The summed E-state index contributed by atoms with van der Waals surface area (Å²) in [6, 6.07) is 9.92. The van der Waals surface area contributed by atoms with Gasteiger partial charge in [-0.05, 0) is 43.3 Å². The lowest BCUT2D eigenvalue weighted by Gasteiger charge is -2.25. The van der Waals surface area contributed by atoms with Crippen molar-refractivity contribution >= 4 is 27.3 Å². The van der Waals surface area contributed by atoms with E-state index in [9.17, 15) is 17.6 Å². The molecule has 0 spiro atoms. The van der Waals surface area contributed by atoms with Gasteiger partial charge in [-0.3, -0.25) is 9.10 Å². The van der Waals surface area contributed by atoms with E-state index in [4.69, 9.17) is 9.47 Å². The molecule has 0 bridgehead atoms. The molecule has 7 nitrogen and oxygen atoms in total. The Kier molecular flexibility index (Phi) is 5.50. The minimum Gasteiger partial charge on any atom is -0.486 e. The number of benzene rings is 2. The topological polar surface area (TPSA) is 84.9 Å². The molecule has 1 aliphatic rings. The van der Waals surface area contributed by atoms with Gasteiger partial charge < -0.3 is 14.8 Å². The predicted molar refractivity (Wildman–Crippen MR) is 99.3 cm³/mol. The number of amides is 1. The number of ether oxygens (including phenoxy) is 2. The molecule has 0 fully saturated rings. The van der Waals surface area contributed by atoms with Crippen LogP contribution < -0.4 is 19.1 Å². The highest BCUT2D eigenvalue weighted by atomic mass is 32.2. The summed E-state index contributed by atoms with van der Waals surface area (Å²) in [5.41, 5.74) is 0.674. The first-order valence-corrected chi connectivity index (χ1v) is 9.95. The predicted octanol–water partition coefficient (Wildman–Crippen LogP) is 2.39. The number of carbonyl (C=O) groups excluding carboxylic acids is 1. The number of nitrogens with zero attached hydrogens (tertiary/aromatic N) is 1. The summed E-state index contributed by atoms with van der Waals surface area (Å²) in [5, 5.41) is 2.56. The van der Waals surface area contributed by atoms with Gasteiger partial charge in [0, 0.05) is 11.8 Å². The van der Waals surface area contributed by atoms with Crippen LogP contribution in [0.5, 0.6) is 11.5 Å². The lowest BCUT2D eigenvalue weighted by atomic mass is 10.2. The summed E-state index contributed by atoms with van der Waals surface area (Å²) in [6.45, 7) is 1.86. The van der Waals surface area contributed by atoms with Crippen LogP contribution in [0.1, 0.15) is 6.92 Å². The Bertz CT molecular complexity index is 931. The molecular formula is C18H19FN2O5S. The molecule has 1 aliphatic heterocycles. The number of rotatable bonds is 6. The van der Waals surface area contributed by atoms with Gasteiger partial charge in [0.15, 0.2) is 11.5 Å². The van der Waals surface area contributed by atoms with Crippen molar-refractivity contribution in [3.63, 3.8) is 0 Å². The molecule has 3 rings (SSSR count). The zero-order valence-electron chi connectivity index (χ0n) is 14.6. The first-order valence-electron chi connectivity index (χ1n) is 8.34. The zero-order chi connectivity index (χ0) is 19.4. The van der Waals surface area contributed by atoms with E-state index in [-0.39, 0.29) is 5.75 Å². The van der Waals surface area contributed by atoms with E-state index in [0.29, 0.717) is 36.1 Å². The third-order valence-electron chi connectivity index (χ3n) is 3.93. The maximum atomic E-state index is 13.0. The molecule has 1 N–H and O–H groups in total. The van der Waals surface area contributed by atoms with E-state index in [0.717, 1.165) is 4.31 Å². The minimum absolute atomic E-state index is 0.175. The van der Waals surface area contributed by atoms with Crippen molar-refractivity contribution in [2.45, 2.75) is 6.92 Å². The van der Waals surface area contributed by atoms with Gasteiger partial charge in [0.25, 0.3) is 0 Å². The van der Waals surface area contributed by atoms with Gasteiger partial charge in [-0.1, -0.05) is 0 Å². The van der Waals surface area contributed by atoms with E-state index in [1.807, 2.05) is 0 Å². The van der Waals surface area contributed by atoms with Crippen LogP contribution in [0.2, 0.25) is 0 Å². The van der Waals surface area contributed by atoms with E-state index in [1.165, 1.54) is 37.3 Å². The number of sulfonamides is 1. The average Bonchev–Trinajstić information content (AvgIpc) is 2.67. The molecule has 27 heavy (non-hydrogen) atoms. The van der Waals surface area contributed by atoms with Crippen LogP contribution in [-0.2, 0) is 14.8 Å². The van der Waals surface area contributed by atoms with Crippen molar-refractivity contribution < 1.29 is 27.1 Å². The van der Waals surface area contributed by atoms with Crippen molar-refractivity contribution in [1.29, 1.82) is 0 Å². The van der Waals surface area contributed by atoms with Crippen LogP contribution in [0.4, 0.5) is 15.8 Å². The van der Waals surface area contributed by atoms with Crippen LogP contribution in [0.25, 0.3) is 0 Å². The Hall–Kier alpha value is -2.81. The van der Waals surface area contributed by atoms with Gasteiger partial charge in [-0.15, -0.1) is 0 Å². The highest BCUT2D eigenvalue weighted by Crippen LogP contribution is 2.34. The molecule has 0 aliphatic carbocycles. The van der Waals surface area contributed by atoms with Gasteiger partial charge in [0.05, 0.1) is 11.4 Å². The van der Waals surface area contributed by atoms with Crippen LogP contribution in [0.15, 0.2) is 42.5 Å². The van der Waals surface area contributed by atoms with Gasteiger partial charge in [-0.2, -0.15) is 0 Å². The van der Waals surface area contributed by atoms with Crippen LogP contribution >= 0.6 is 0 Å². The maximum absolute atomic E-state index is 13.0. The fourth-order valence-electron chi connectivity index (χ4n) is 2.56. The average molecular weight is 394 g/mol. The second-order valence-electron chi connectivity index (χ2n) is 5.79. The first-order chi connectivity index (χ1) is 12.9. The Morgan fingerprint density at radius 1 is 1.11 bits per heavy atom. The molecule has 0 atom stereocenters. The highest BCUT2D eigenvalue weighted by Gasteiger charge is 2.25. The SMILES string of the molecule is CCS(=O)(=O)N(CC(=O)Nc1ccc(F)cc1)c1ccc2c(c1)OCCO2. The summed E-state index contributed by atoms with van der Waals surface area (Å²) >= 11 is 0. The Morgan fingerprint density at radius 2 is 1.78 bits per heavy atom. The summed E-state index contributed by atoms with van der Waals surface area (Å²) in [4.78, 5) is 12.4. The van der Waals surface area contributed by atoms with Crippen molar-refractivity contribution in [3.05, 3.63) is 48.3 Å². The molecule has 2 aromatic rings. The quantitative estimate of drug-likeness (QED) is 0.813. The molecule has 1 heterocycles. The lowest BCUT2D eigenvalue weighted by molar-refractivity contribution is -0.114. The second kappa shape index (κ2) is 7.83. The second-order valence-corrected chi connectivity index (χ2v) is 7.97. The standard InChI is InChI=1S/C18H19FN2O5S/c1-2-27(23,24)21(12-18(22)20-14-5-3-13(19)4-6-14)15-7-8-16-17(11-15)26-10-9-25-16/h3-8,11H,2,9-10,12H2,1H3,(H,20,22). The summed E-state index contributed by atoms with van der Waals surface area (Å²) in [6.07, 6.45) is 0. The molecule has 0 radical (unpaired) electrons. The molecule has 0 saturated heterocycles. The van der Waals surface area contributed by atoms with Gasteiger partial charge in [-0.25, -0.2) is 12.8 Å². The van der Waals surface area contributed by atoms with Crippen LogP contribution in [-0.4, -0.2) is 39.8 Å². The fourth-order valence-corrected chi connectivity index (χ4v) is 3.62. The van der Waals surface area contributed by atoms with E-state index >= 15 is 0 Å². The maximum Gasteiger partial charge on any atom is 0.245 e. The third-order valence-corrected chi connectivity index (χ3v) is 5.67. The smallest absolute Gasteiger partial charge is 0.245 e. The van der Waals surface area contributed by atoms with Crippen LogP contribution in [0, 0.1) is 5.82 Å². The van der Waals surface area contributed by atoms with Crippen molar-refractivity contribution in [2.24, 2.45) is 0 Å². The number of hydrogen-bond acceptors (Lipinski definition) is 5.